The molecule has 1 fully saturated rings. The van der Waals surface area contributed by atoms with Gasteiger partial charge in [0.15, 0.2) is 0 Å². The van der Waals surface area contributed by atoms with Crippen LogP contribution in [0.2, 0.25) is 0 Å². The van der Waals surface area contributed by atoms with Crippen molar-refractivity contribution in [2.24, 2.45) is 15.1 Å². The zero-order valence-electron chi connectivity index (χ0n) is 7.26. The zero-order valence-corrected chi connectivity index (χ0v) is 7.26. The molecule has 1 heterocycles. The van der Waals surface area contributed by atoms with Gasteiger partial charge >= 0.3 is 21.4 Å². The third-order valence-corrected chi connectivity index (χ3v) is 1.45. The minimum atomic E-state index is -0.817. The van der Waals surface area contributed by atoms with Gasteiger partial charge in [-0.25, -0.2) is 0 Å². The Morgan fingerprint density at radius 2 is 0.933 bits per heavy atom. The van der Waals surface area contributed by atoms with Crippen LogP contribution in [0.1, 0.15) is 0 Å². The van der Waals surface area contributed by atoms with Gasteiger partial charge in [0.2, 0.25) is 0 Å². The summed E-state index contributed by atoms with van der Waals surface area (Å²) in [6.45, 7) is 0. The van der Waals surface area contributed by atoms with Crippen LogP contribution in [0.15, 0.2) is 15.1 Å². The van der Waals surface area contributed by atoms with Crippen molar-refractivity contribution in [1.29, 1.82) is 0 Å². The van der Waals surface area contributed by atoms with E-state index in [0.29, 0.717) is 0 Å². The van der Waals surface area contributed by atoms with E-state index in [1.807, 2.05) is 0 Å². The van der Waals surface area contributed by atoms with Crippen LogP contribution < -0.4 is 15.4 Å². The Hall–Kier alpha value is -2.00. The van der Waals surface area contributed by atoms with E-state index in [1.54, 1.807) is 0 Å². The Bertz CT molecular complexity index is 290. The van der Waals surface area contributed by atoms with E-state index >= 15 is 0 Å². The molecule has 1 rings (SSSR count). The van der Waals surface area contributed by atoms with Crippen molar-refractivity contribution in [1.82, 2.24) is 15.4 Å². The van der Waals surface area contributed by atoms with Gasteiger partial charge in [-0.1, -0.05) is 0 Å². The summed E-state index contributed by atoms with van der Waals surface area (Å²) in [5.41, 5.74) is 24.6. The molecule has 72 valence electrons. The molecule has 0 amide bonds. The Balaban J connectivity index is 2.75. The van der Waals surface area contributed by atoms with Crippen LogP contribution >= 0.6 is 0 Å². The van der Waals surface area contributed by atoms with E-state index in [0.717, 1.165) is 0 Å². The van der Waals surface area contributed by atoms with E-state index in [4.69, 9.17) is 16.6 Å². The summed E-state index contributed by atoms with van der Waals surface area (Å²) in [6.07, 6.45) is 0. The molecule has 0 saturated carbocycles. The van der Waals surface area contributed by atoms with Crippen molar-refractivity contribution in [2.75, 3.05) is 0 Å². The maximum Gasteiger partial charge on any atom is 0.382 e. The number of rotatable bonds is 3. The summed E-state index contributed by atoms with van der Waals surface area (Å²) in [5.74, 6) is 0. The maximum absolute atomic E-state index is 8.20. The van der Waals surface area contributed by atoms with Crippen LogP contribution in [0, 0.1) is 0 Å². The van der Waals surface area contributed by atoms with E-state index in [9.17, 15) is 0 Å². The highest BCUT2D eigenvalue weighted by atomic mass is 15.3. The van der Waals surface area contributed by atoms with Gasteiger partial charge in [0.1, 0.15) is 0 Å². The van der Waals surface area contributed by atoms with Gasteiger partial charge in [0, 0.05) is 0 Å². The molecule has 15 heavy (non-hydrogen) atoms. The van der Waals surface area contributed by atoms with Crippen molar-refractivity contribution in [2.45, 2.75) is 0 Å². The molecule has 0 aromatic rings. The molecule has 3 N–H and O–H groups in total. The van der Waals surface area contributed by atoms with Crippen LogP contribution in [0.5, 0.6) is 0 Å². The van der Waals surface area contributed by atoms with Crippen molar-refractivity contribution < 1.29 is 0 Å². The summed E-state index contributed by atoms with van der Waals surface area (Å²) < 4.78 is 0. The van der Waals surface area contributed by atoms with Gasteiger partial charge in [-0.3, -0.25) is 0 Å². The standard InChI is InChI=1S/B3H3N12/c4-13-10-1-7-2(11-14-5)9-3(8-1)12-15-6/h7-9H. The monoisotopic (exact) mass is 204 g/mol. The second kappa shape index (κ2) is 5.68. The van der Waals surface area contributed by atoms with Gasteiger partial charge in [-0.2, -0.15) is 0 Å². The van der Waals surface area contributed by atoms with Crippen molar-refractivity contribution in [3.05, 3.63) is 31.3 Å². The quantitative estimate of drug-likeness (QED) is 0.246. The summed E-state index contributed by atoms with van der Waals surface area (Å²) in [5, 5.41) is 17.7. The zero-order chi connectivity index (χ0) is 11.1. The van der Waals surface area contributed by atoms with Gasteiger partial charge in [0.05, 0.1) is 0 Å². The highest BCUT2D eigenvalue weighted by Crippen LogP contribution is 1.91. The summed E-state index contributed by atoms with van der Waals surface area (Å²) in [6, 6.07) is 0. The first kappa shape index (κ1) is 11.1. The van der Waals surface area contributed by atoms with E-state index in [2.05, 4.69) is 45.2 Å². The third kappa shape index (κ3) is 3.33. The second-order valence-electron chi connectivity index (χ2n) is 2.32. The number of hydrogen-bond acceptors (Lipinski definition) is 6. The molecule has 0 aromatic carbocycles. The number of azide groups is 3. The Morgan fingerprint density at radius 1 is 0.667 bits per heavy atom. The SMILES string of the molecule is [N-]=[N+]=NB1NB(N=[N+]=[N-])NB(N=[N+]=[N-])N1. The van der Waals surface area contributed by atoms with E-state index in [1.165, 1.54) is 0 Å². The fourth-order valence-electron chi connectivity index (χ4n) is 0.948. The minimum Gasteiger partial charge on any atom is -0.363 e. The normalized spacial score (nSPS) is 14.8. The van der Waals surface area contributed by atoms with Crippen molar-refractivity contribution >= 4 is 21.4 Å². The van der Waals surface area contributed by atoms with Gasteiger partial charge in [0.25, 0.3) is 0 Å². The van der Waals surface area contributed by atoms with Crippen molar-refractivity contribution in [3.8, 4) is 0 Å². The molecule has 0 unspecified atom stereocenters. The van der Waals surface area contributed by atoms with E-state index in [-0.39, 0.29) is 0 Å². The van der Waals surface area contributed by atoms with Gasteiger partial charge < -0.3 is 15.4 Å². The van der Waals surface area contributed by atoms with Crippen LogP contribution in [-0.4, -0.2) is 21.4 Å². The first-order chi connectivity index (χ1) is 7.30. The average molecular weight is 204 g/mol. The summed E-state index contributed by atoms with van der Waals surface area (Å²) in [4.78, 5) is 7.65. The molecule has 1 saturated heterocycles. The maximum atomic E-state index is 8.20. The topological polar surface area (TPSA) is 182 Å². The molecule has 0 aromatic heterocycles. The molecule has 0 radical (unpaired) electrons. The molecule has 0 aliphatic carbocycles. The molecule has 1 aliphatic rings. The Morgan fingerprint density at radius 3 is 1.13 bits per heavy atom. The lowest BCUT2D eigenvalue weighted by Crippen LogP contribution is -2.73. The smallest absolute Gasteiger partial charge is 0.363 e. The molecule has 12 nitrogen and oxygen atoms in total. The fourth-order valence-corrected chi connectivity index (χ4v) is 0.948. The van der Waals surface area contributed by atoms with Crippen LogP contribution in [0.4, 0.5) is 0 Å². The second-order valence-corrected chi connectivity index (χ2v) is 2.32. The Kier molecular flexibility index (Phi) is 4.19. The molecule has 15 heteroatoms. The summed E-state index contributed by atoms with van der Waals surface area (Å²) >= 11 is 0. The minimum absolute atomic E-state index is 0.817. The number of nitrogens with zero attached hydrogens (tertiary/aromatic N) is 9. The lowest BCUT2D eigenvalue weighted by Gasteiger charge is -2.25. The van der Waals surface area contributed by atoms with Crippen LogP contribution in [0.3, 0.4) is 0 Å². The fraction of sp³-hybridized carbons (Fsp3) is 0. The first-order valence-electron chi connectivity index (χ1n) is 3.71. The summed E-state index contributed by atoms with van der Waals surface area (Å²) in [7, 11) is -2.45. The number of hydrogen-bond donors (Lipinski definition) is 3. The lowest BCUT2D eigenvalue weighted by atomic mass is 9.66. The third-order valence-electron chi connectivity index (χ3n) is 1.45. The van der Waals surface area contributed by atoms with Crippen LogP contribution in [-0.2, 0) is 0 Å². The average Bonchev–Trinajstić information content (AvgIpc) is 2.19. The van der Waals surface area contributed by atoms with Crippen molar-refractivity contribution in [3.63, 3.8) is 0 Å². The molecule has 0 spiro atoms. The predicted molar refractivity (Wildman–Crippen MR) is 54.1 cm³/mol. The largest absolute Gasteiger partial charge is 0.382 e. The highest BCUT2D eigenvalue weighted by Gasteiger charge is 2.33. The molecular formula is H3B3N12. The predicted octanol–water partition coefficient (Wildman–Crippen LogP) is -0.346. The molecule has 0 atom stereocenters. The first-order valence-corrected chi connectivity index (χ1v) is 3.71. The lowest BCUT2D eigenvalue weighted by molar-refractivity contribution is 1.10. The molecule has 0 bridgehead atoms. The highest BCUT2D eigenvalue weighted by molar-refractivity contribution is 6.85. The van der Waals surface area contributed by atoms with E-state index < -0.39 is 21.4 Å². The molecule has 1 aliphatic heterocycles. The number of nitrogens with one attached hydrogen (secondary N) is 3. The van der Waals surface area contributed by atoms with Crippen LogP contribution in [0.25, 0.3) is 31.3 Å². The van der Waals surface area contributed by atoms with Gasteiger partial charge in [-0.15, -0.1) is 15.1 Å². The Labute approximate surface area is 84.1 Å². The molecular weight excluding hydrogens is 201 g/mol. The van der Waals surface area contributed by atoms with Gasteiger partial charge in [-0.05, 0) is 31.3 Å².